The monoisotopic (exact) mass is 379 g/mol. The molecule has 116 valence electrons. The summed E-state index contributed by atoms with van der Waals surface area (Å²) < 4.78 is 0.478. The third kappa shape index (κ3) is 3.45. The highest BCUT2D eigenvalue weighted by atomic mass is 35.5. The molecule has 1 aliphatic rings. The van der Waals surface area contributed by atoms with Crippen LogP contribution in [0.25, 0.3) is 6.08 Å². The van der Waals surface area contributed by atoms with Crippen molar-refractivity contribution in [2.24, 2.45) is 0 Å². The van der Waals surface area contributed by atoms with Gasteiger partial charge in [0.15, 0.2) is 4.32 Å². The van der Waals surface area contributed by atoms with E-state index in [2.05, 4.69) is 0 Å². The minimum atomic E-state index is -0.154. The number of anilines is 1. The van der Waals surface area contributed by atoms with Crippen molar-refractivity contribution in [3.63, 3.8) is 0 Å². The average molecular weight is 380 g/mol. The number of thioether (sulfide) groups is 1. The Balaban J connectivity index is 1.93. The van der Waals surface area contributed by atoms with E-state index in [0.29, 0.717) is 25.0 Å². The fourth-order valence-electron chi connectivity index (χ4n) is 2.13. The predicted molar refractivity (Wildman–Crippen MR) is 103 cm³/mol. The van der Waals surface area contributed by atoms with Crippen LogP contribution in [0.15, 0.2) is 47.4 Å². The van der Waals surface area contributed by atoms with Crippen molar-refractivity contribution in [2.45, 2.75) is 6.92 Å². The Hall–Kier alpha value is -1.33. The van der Waals surface area contributed by atoms with E-state index < -0.39 is 0 Å². The third-order valence-electron chi connectivity index (χ3n) is 3.33. The number of amides is 1. The second-order valence-electron chi connectivity index (χ2n) is 5.03. The van der Waals surface area contributed by atoms with E-state index in [4.69, 9.17) is 35.4 Å². The molecule has 0 radical (unpaired) electrons. The zero-order valence-electron chi connectivity index (χ0n) is 12.0. The fraction of sp³-hybridized carbons (Fsp3) is 0.0588. The Labute approximate surface area is 154 Å². The van der Waals surface area contributed by atoms with Gasteiger partial charge in [-0.15, -0.1) is 0 Å². The van der Waals surface area contributed by atoms with Gasteiger partial charge in [-0.2, -0.15) is 0 Å². The van der Waals surface area contributed by atoms with Crippen LogP contribution in [0.1, 0.15) is 11.1 Å². The number of nitrogens with zero attached hydrogens (tertiary/aromatic N) is 1. The van der Waals surface area contributed by atoms with Crippen molar-refractivity contribution < 1.29 is 4.79 Å². The summed E-state index contributed by atoms with van der Waals surface area (Å²) in [7, 11) is 0. The van der Waals surface area contributed by atoms with Gasteiger partial charge in [-0.3, -0.25) is 9.69 Å². The smallest absolute Gasteiger partial charge is 0.268 e. The van der Waals surface area contributed by atoms with Crippen LogP contribution in [0.3, 0.4) is 0 Å². The molecule has 1 heterocycles. The van der Waals surface area contributed by atoms with Crippen LogP contribution < -0.4 is 4.90 Å². The average Bonchev–Trinajstić information content (AvgIpc) is 2.79. The molecule has 0 aromatic heterocycles. The first-order valence-corrected chi connectivity index (χ1v) is 8.73. The highest BCUT2D eigenvalue weighted by Gasteiger charge is 2.33. The number of carbonyl (C=O) groups excluding carboxylic acids is 1. The van der Waals surface area contributed by atoms with E-state index >= 15 is 0 Å². The second-order valence-corrected chi connectivity index (χ2v) is 7.52. The second kappa shape index (κ2) is 6.65. The van der Waals surface area contributed by atoms with Crippen LogP contribution in [-0.2, 0) is 4.79 Å². The molecule has 0 unspecified atom stereocenters. The van der Waals surface area contributed by atoms with Crippen molar-refractivity contribution >= 4 is 69.2 Å². The molecule has 6 heteroatoms. The summed E-state index contributed by atoms with van der Waals surface area (Å²) in [6.45, 7) is 2.02. The van der Waals surface area contributed by atoms with Gasteiger partial charge < -0.3 is 0 Å². The minimum absolute atomic E-state index is 0.154. The molecule has 0 aliphatic carbocycles. The largest absolute Gasteiger partial charge is 0.270 e. The van der Waals surface area contributed by atoms with Crippen molar-refractivity contribution in [2.75, 3.05) is 4.90 Å². The molecule has 0 saturated carbocycles. The third-order valence-corrected chi connectivity index (χ3v) is 5.37. The zero-order chi connectivity index (χ0) is 16.6. The molecule has 23 heavy (non-hydrogen) atoms. The van der Waals surface area contributed by atoms with Gasteiger partial charge in [0.2, 0.25) is 0 Å². The maximum Gasteiger partial charge on any atom is 0.270 e. The number of carbonyl (C=O) groups is 1. The van der Waals surface area contributed by atoms with E-state index in [1.54, 1.807) is 18.2 Å². The maximum absolute atomic E-state index is 12.7. The zero-order valence-corrected chi connectivity index (χ0v) is 15.2. The summed E-state index contributed by atoms with van der Waals surface area (Å²) in [5.41, 5.74) is 2.75. The molecule has 0 spiro atoms. The maximum atomic E-state index is 12.7. The summed E-state index contributed by atoms with van der Waals surface area (Å²) in [5, 5.41) is 0.830. The van der Waals surface area contributed by atoms with Crippen molar-refractivity contribution in [3.8, 4) is 0 Å². The van der Waals surface area contributed by atoms with Crippen LogP contribution in [0, 0.1) is 6.92 Å². The summed E-state index contributed by atoms with van der Waals surface area (Å²) in [5.74, 6) is -0.154. The van der Waals surface area contributed by atoms with Gasteiger partial charge in [-0.25, -0.2) is 0 Å². The lowest BCUT2D eigenvalue weighted by Gasteiger charge is -2.15. The first kappa shape index (κ1) is 16.5. The molecule has 0 bridgehead atoms. The normalized spacial score (nSPS) is 16.5. The van der Waals surface area contributed by atoms with Gasteiger partial charge in [0.25, 0.3) is 5.91 Å². The van der Waals surface area contributed by atoms with Crippen LogP contribution in [0.2, 0.25) is 10.0 Å². The molecule has 1 saturated heterocycles. The Morgan fingerprint density at radius 3 is 2.43 bits per heavy atom. The lowest BCUT2D eigenvalue weighted by atomic mass is 10.1. The van der Waals surface area contributed by atoms with Crippen LogP contribution >= 0.6 is 47.2 Å². The number of rotatable bonds is 2. The summed E-state index contributed by atoms with van der Waals surface area (Å²) in [6, 6.07) is 13.0. The topological polar surface area (TPSA) is 20.3 Å². The molecule has 1 aliphatic heterocycles. The molecule has 0 atom stereocenters. The van der Waals surface area contributed by atoms with E-state index in [1.807, 2.05) is 37.3 Å². The van der Waals surface area contributed by atoms with Crippen molar-refractivity contribution in [1.82, 2.24) is 0 Å². The lowest BCUT2D eigenvalue weighted by molar-refractivity contribution is -0.113. The molecular weight excluding hydrogens is 369 g/mol. The number of aryl methyl sites for hydroxylation is 1. The van der Waals surface area contributed by atoms with E-state index in [0.717, 1.165) is 5.56 Å². The van der Waals surface area contributed by atoms with Gasteiger partial charge in [0, 0.05) is 0 Å². The number of hydrogen-bond acceptors (Lipinski definition) is 3. The lowest BCUT2D eigenvalue weighted by Crippen LogP contribution is -2.27. The Bertz CT molecular complexity index is 831. The first-order chi connectivity index (χ1) is 11.0. The fourth-order valence-corrected chi connectivity index (χ4v) is 3.72. The molecule has 1 amide bonds. The number of hydrogen-bond donors (Lipinski definition) is 0. The van der Waals surface area contributed by atoms with E-state index in [1.165, 1.54) is 22.2 Å². The van der Waals surface area contributed by atoms with Gasteiger partial charge in [-0.1, -0.05) is 77.0 Å². The molecule has 0 N–H and O–H groups in total. The molecule has 1 fully saturated rings. The summed E-state index contributed by atoms with van der Waals surface area (Å²) in [6.07, 6.45) is 1.84. The SMILES string of the molecule is Cc1ccc(/C=C2/SC(=S)N(c3ccc(Cl)c(Cl)c3)C2=O)cc1. The Morgan fingerprint density at radius 2 is 1.78 bits per heavy atom. The first-order valence-electron chi connectivity index (χ1n) is 6.75. The molecule has 3 rings (SSSR count). The Morgan fingerprint density at radius 1 is 1.09 bits per heavy atom. The van der Waals surface area contributed by atoms with E-state index in [9.17, 15) is 4.79 Å². The van der Waals surface area contributed by atoms with Crippen LogP contribution in [0.5, 0.6) is 0 Å². The summed E-state index contributed by atoms with van der Waals surface area (Å²) >= 11 is 18.6. The van der Waals surface area contributed by atoms with Crippen molar-refractivity contribution in [1.29, 1.82) is 0 Å². The van der Waals surface area contributed by atoms with E-state index in [-0.39, 0.29) is 5.91 Å². The van der Waals surface area contributed by atoms with Crippen LogP contribution in [0.4, 0.5) is 5.69 Å². The minimum Gasteiger partial charge on any atom is -0.268 e. The van der Waals surface area contributed by atoms with Gasteiger partial charge >= 0.3 is 0 Å². The molecule has 2 nitrogen and oxygen atoms in total. The van der Waals surface area contributed by atoms with Crippen LogP contribution in [-0.4, -0.2) is 10.2 Å². The number of halogens is 2. The quantitative estimate of drug-likeness (QED) is 0.492. The molecular formula is C17H11Cl2NOS2. The number of benzene rings is 2. The Kier molecular flexibility index (Phi) is 4.78. The highest BCUT2D eigenvalue weighted by Crippen LogP contribution is 2.37. The van der Waals surface area contributed by atoms with Crippen molar-refractivity contribution in [3.05, 3.63) is 68.5 Å². The standard InChI is InChI=1S/C17H11Cl2NOS2/c1-10-2-4-11(5-3-10)8-15-16(21)20(17(22)23-15)12-6-7-13(18)14(19)9-12/h2-9H,1H3/b15-8+. The summed E-state index contributed by atoms with van der Waals surface area (Å²) in [4.78, 5) is 14.7. The molecule has 2 aromatic rings. The van der Waals surface area contributed by atoms with Gasteiger partial charge in [-0.05, 0) is 36.8 Å². The predicted octanol–water partition coefficient (Wildman–Crippen LogP) is 5.71. The van der Waals surface area contributed by atoms with Gasteiger partial charge in [0.1, 0.15) is 0 Å². The molecule has 2 aromatic carbocycles. The number of thiocarbonyl (C=S) groups is 1. The van der Waals surface area contributed by atoms with Gasteiger partial charge in [0.05, 0.1) is 20.6 Å². The highest BCUT2D eigenvalue weighted by molar-refractivity contribution is 8.27.